The molecule has 0 amide bonds. The molecule has 3 rings (SSSR count). The molecule has 29 heavy (non-hydrogen) atoms. The molecule has 1 heterocycles. The molecule has 0 aliphatic carbocycles. The summed E-state index contributed by atoms with van der Waals surface area (Å²) in [7, 11) is 6.32. The van der Waals surface area contributed by atoms with Crippen LogP contribution in [0.2, 0.25) is 0 Å². The summed E-state index contributed by atoms with van der Waals surface area (Å²) in [6.45, 7) is 3.54. The fourth-order valence-electron chi connectivity index (χ4n) is 3.27. The van der Waals surface area contributed by atoms with Crippen molar-refractivity contribution >= 4 is 28.5 Å². The Bertz CT molecular complexity index is 911. The number of para-hydroxylation sites is 1. The van der Waals surface area contributed by atoms with Crippen LogP contribution in [-0.4, -0.2) is 60.3 Å². The number of nitrogens with zero attached hydrogens (tertiary/aromatic N) is 4. The average molecular weight is 410 g/mol. The third-order valence-electron chi connectivity index (χ3n) is 4.75. The smallest absolute Gasteiger partial charge is 0.145 e. The summed E-state index contributed by atoms with van der Waals surface area (Å²) in [5, 5.41) is 4.60. The maximum Gasteiger partial charge on any atom is 0.145 e. The summed E-state index contributed by atoms with van der Waals surface area (Å²) < 4.78 is 0. The Balaban J connectivity index is 1.70. The summed E-state index contributed by atoms with van der Waals surface area (Å²) in [6, 6.07) is 17.0. The second-order valence-electron chi connectivity index (χ2n) is 7.61. The molecule has 6 heteroatoms. The standard InChI is InChI=1S/C23H31N5S/c1-27(2)15-7-14-24-23-20-8-5-6-9-21(20)25-22(26-23)17-28(3)16-18-10-12-19(29-4)13-11-18/h5-6,8-13H,7,14-17H2,1-4H3,(H,24,25,26). The highest BCUT2D eigenvalue weighted by Gasteiger charge is 2.10. The number of thioether (sulfide) groups is 1. The highest BCUT2D eigenvalue weighted by molar-refractivity contribution is 7.98. The number of aromatic nitrogens is 2. The molecule has 0 bridgehead atoms. The predicted octanol–water partition coefficient (Wildman–Crippen LogP) is 4.35. The van der Waals surface area contributed by atoms with E-state index in [9.17, 15) is 0 Å². The summed E-state index contributed by atoms with van der Waals surface area (Å²) in [5.74, 6) is 1.78. The van der Waals surface area contributed by atoms with E-state index in [0.717, 1.165) is 48.6 Å². The molecule has 3 aromatic rings. The Morgan fingerprint density at radius 1 is 0.931 bits per heavy atom. The van der Waals surface area contributed by atoms with E-state index in [1.165, 1.54) is 10.5 Å². The topological polar surface area (TPSA) is 44.3 Å². The first-order chi connectivity index (χ1) is 14.0. The van der Waals surface area contributed by atoms with E-state index in [4.69, 9.17) is 9.97 Å². The average Bonchev–Trinajstić information content (AvgIpc) is 2.71. The third kappa shape index (κ3) is 6.42. The van der Waals surface area contributed by atoms with Crippen LogP contribution in [-0.2, 0) is 13.1 Å². The fourth-order valence-corrected chi connectivity index (χ4v) is 3.68. The number of rotatable bonds is 10. The van der Waals surface area contributed by atoms with Gasteiger partial charge in [0.2, 0.25) is 0 Å². The molecule has 0 atom stereocenters. The molecule has 0 spiro atoms. The monoisotopic (exact) mass is 409 g/mol. The van der Waals surface area contributed by atoms with Crippen LogP contribution >= 0.6 is 11.8 Å². The van der Waals surface area contributed by atoms with Crippen molar-refractivity contribution in [3.8, 4) is 0 Å². The van der Waals surface area contributed by atoms with Crippen molar-refractivity contribution in [3.05, 3.63) is 59.9 Å². The second-order valence-corrected chi connectivity index (χ2v) is 8.49. The van der Waals surface area contributed by atoms with Gasteiger partial charge in [-0.1, -0.05) is 24.3 Å². The molecular weight excluding hydrogens is 378 g/mol. The molecule has 0 aliphatic heterocycles. The first-order valence-electron chi connectivity index (χ1n) is 10.0. The zero-order valence-electron chi connectivity index (χ0n) is 17.9. The van der Waals surface area contributed by atoms with Crippen LogP contribution in [0, 0.1) is 0 Å². The Kier molecular flexibility index (Phi) is 7.86. The van der Waals surface area contributed by atoms with E-state index in [0.29, 0.717) is 6.54 Å². The Morgan fingerprint density at radius 2 is 1.69 bits per heavy atom. The summed E-state index contributed by atoms with van der Waals surface area (Å²) >= 11 is 1.77. The van der Waals surface area contributed by atoms with Crippen LogP contribution in [0.1, 0.15) is 17.8 Å². The van der Waals surface area contributed by atoms with Crippen molar-refractivity contribution in [2.24, 2.45) is 0 Å². The van der Waals surface area contributed by atoms with Gasteiger partial charge in [-0.15, -0.1) is 11.8 Å². The van der Waals surface area contributed by atoms with Gasteiger partial charge < -0.3 is 10.2 Å². The molecule has 0 radical (unpaired) electrons. The van der Waals surface area contributed by atoms with E-state index >= 15 is 0 Å². The molecule has 0 unspecified atom stereocenters. The van der Waals surface area contributed by atoms with Crippen LogP contribution in [0.5, 0.6) is 0 Å². The number of benzene rings is 2. The van der Waals surface area contributed by atoms with Gasteiger partial charge in [-0.3, -0.25) is 4.90 Å². The Labute approximate surface area is 178 Å². The number of anilines is 1. The van der Waals surface area contributed by atoms with Crippen LogP contribution in [0.4, 0.5) is 5.82 Å². The maximum atomic E-state index is 4.85. The highest BCUT2D eigenvalue weighted by atomic mass is 32.2. The fraction of sp³-hybridized carbons (Fsp3) is 0.391. The molecule has 154 valence electrons. The zero-order chi connectivity index (χ0) is 20.6. The number of hydrogen-bond acceptors (Lipinski definition) is 6. The van der Waals surface area contributed by atoms with Crippen LogP contribution in [0.15, 0.2) is 53.4 Å². The predicted molar refractivity (Wildman–Crippen MR) is 125 cm³/mol. The van der Waals surface area contributed by atoms with Gasteiger partial charge in [0.05, 0.1) is 12.1 Å². The first kappa shape index (κ1) is 21.6. The van der Waals surface area contributed by atoms with Gasteiger partial charge in [0.1, 0.15) is 11.6 Å². The molecule has 0 fully saturated rings. The van der Waals surface area contributed by atoms with Crippen molar-refractivity contribution in [1.29, 1.82) is 0 Å². The lowest BCUT2D eigenvalue weighted by molar-refractivity contribution is 0.311. The first-order valence-corrected chi connectivity index (χ1v) is 11.2. The van der Waals surface area contributed by atoms with Gasteiger partial charge in [-0.05, 0) is 70.2 Å². The number of hydrogen-bond donors (Lipinski definition) is 1. The molecule has 2 aromatic carbocycles. The van der Waals surface area contributed by atoms with Crippen LogP contribution in [0.3, 0.4) is 0 Å². The molecule has 5 nitrogen and oxygen atoms in total. The quantitative estimate of drug-likeness (QED) is 0.397. The summed E-state index contributed by atoms with van der Waals surface area (Å²) in [6.07, 6.45) is 3.18. The minimum atomic E-state index is 0.710. The normalized spacial score (nSPS) is 11.5. The highest BCUT2D eigenvalue weighted by Crippen LogP contribution is 2.21. The number of fused-ring (bicyclic) bond motifs is 1. The molecule has 1 N–H and O–H groups in total. The number of nitrogens with one attached hydrogen (secondary N) is 1. The largest absolute Gasteiger partial charge is 0.369 e. The summed E-state index contributed by atoms with van der Waals surface area (Å²) in [4.78, 5) is 15.4. The van der Waals surface area contributed by atoms with E-state index in [-0.39, 0.29) is 0 Å². The molecule has 0 saturated heterocycles. The van der Waals surface area contributed by atoms with Gasteiger partial charge >= 0.3 is 0 Å². The zero-order valence-corrected chi connectivity index (χ0v) is 18.7. The molecule has 1 aromatic heterocycles. The van der Waals surface area contributed by atoms with Crippen molar-refractivity contribution < 1.29 is 0 Å². The van der Waals surface area contributed by atoms with Gasteiger partial charge in [0.15, 0.2) is 0 Å². The molecule has 0 saturated carbocycles. The minimum Gasteiger partial charge on any atom is -0.369 e. The van der Waals surface area contributed by atoms with Crippen molar-refractivity contribution in [2.75, 3.05) is 45.8 Å². The van der Waals surface area contributed by atoms with Gasteiger partial charge in [0.25, 0.3) is 0 Å². The van der Waals surface area contributed by atoms with E-state index in [1.807, 2.05) is 12.1 Å². The second kappa shape index (κ2) is 10.6. The van der Waals surface area contributed by atoms with Gasteiger partial charge in [-0.25, -0.2) is 9.97 Å². The van der Waals surface area contributed by atoms with E-state index in [2.05, 4.69) is 78.9 Å². The Morgan fingerprint density at radius 3 is 2.41 bits per heavy atom. The van der Waals surface area contributed by atoms with E-state index < -0.39 is 0 Å². The lowest BCUT2D eigenvalue weighted by Crippen LogP contribution is -2.20. The van der Waals surface area contributed by atoms with Crippen molar-refractivity contribution in [1.82, 2.24) is 19.8 Å². The lowest BCUT2D eigenvalue weighted by Gasteiger charge is -2.18. The Hall–Kier alpha value is -2.15. The molecular formula is C23H31N5S. The van der Waals surface area contributed by atoms with Crippen LogP contribution in [0.25, 0.3) is 10.9 Å². The third-order valence-corrected chi connectivity index (χ3v) is 5.49. The van der Waals surface area contributed by atoms with E-state index in [1.54, 1.807) is 11.8 Å². The van der Waals surface area contributed by atoms with Crippen molar-refractivity contribution in [3.63, 3.8) is 0 Å². The van der Waals surface area contributed by atoms with Crippen LogP contribution < -0.4 is 5.32 Å². The SMILES string of the molecule is CSc1ccc(CN(C)Cc2nc(NCCCN(C)C)c3ccccc3n2)cc1. The van der Waals surface area contributed by atoms with Crippen molar-refractivity contribution in [2.45, 2.75) is 24.4 Å². The van der Waals surface area contributed by atoms with Gasteiger partial charge in [0, 0.05) is 23.4 Å². The lowest BCUT2D eigenvalue weighted by atomic mass is 10.2. The van der Waals surface area contributed by atoms with Gasteiger partial charge in [-0.2, -0.15) is 0 Å². The summed E-state index contributed by atoms with van der Waals surface area (Å²) in [5.41, 5.74) is 2.29. The maximum absolute atomic E-state index is 4.85. The minimum absolute atomic E-state index is 0.710. The molecule has 0 aliphatic rings.